The van der Waals surface area contributed by atoms with Crippen LogP contribution in [0.2, 0.25) is 0 Å². The Morgan fingerprint density at radius 2 is 1.69 bits per heavy atom. The van der Waals surface area contributed by atoms with E-state index in [2.05, 4.69) is 30.3 Å². The number of thiophene rings is 1. The molecule has 150 valence electrons. The highest BCUT2D eigenvalue weighted by Gasteiger charge is 2.24. The van der Waals surface area contributed by atoms with E-state index in [1.165, 1.54) is 5.56 Å². The molecule has 1 saturated carbocycles. The molecule has 0 amide bonds. The summed E-state index contributed by atoms with van der Waals surface area (Å²) in [5.41, 5.74) is 2.46. The largest absolute Gasteiger partial charge is 0.490 e. The molecule has 1 atom stereocenters. The van der Waals surface area contributed by atoms with Crippen molar-refractivity contribution in [2.24, 2.45) is 0 Å². The minimum atomic E-state index is -0.779. The molecule has 1 aromatic heterocycles. The summed E-state index contributed by atoms with van der Waals surface area (Å²) < 4.78 is 6.23. The van der Waals surface area contributed by atoms with Crippen LogP contribution in [0.1, 0.15) is 59.9 Å². The van der Waals surface area contributed by atoms with Crippen LogP contribution in [-0.4, -0.2) is 17.2 Å². The van der Waals surface area contributed by atoms with Crippen LogP contribution in [0.3, 0.4) is 0 Å². The van der Waals surface area contributed by atoms with Crippen LogP contribution < -0.4 is 4.74 Å². The fraction of sp³-hybridized carbons (Fsp3) is 0.320. The minimum absolute atomic E-state index is 0.101. The normalized spacial score (nSPS) is 20.1. The van der Waals surface area contributed by atoms with E-state index in [0.29, 0.717) is 5.92 Å². The Morgan fingerprint density at radius 3 is 2.31 bits per heavy atom. The fourth-order valence-corrected chi connectivity index (χ4v) is 5.11. The van der Waals surface area contributed by atoms with E-state index >= 15 is 0 Å². The molecule has 2 aromatic carbocycles. The first-order valence-electron chi connectivity index (χ1n) is 10.3. The van der Waals surface area contributed by atoms with Crippen molar-refractivity contribution in [2.75, 3.05) is 0 Å². The first-order valence-corrected chi connectivity index (χ1v) is 11.1. The van der Waals surface area contributed by atoms with Gasteiger partial charge in [-0.3, -0.25) is 4.79 Å². The third-order valence-corrected chi connectivity index (χ3v) is 6.78. The van der Waals surface area contributed by atoms with Crippen LogP contribution in [0.15, 0.2) is 72.1 Å². The fourth-order valence-electron chi connectivity index (χ4n) is 4.26. The van der Waals surface area contributed by atoms with Gasteiger partial charge in [-0.15, -0.1) is 11.3 Å². The molecule has 1 fully saturated rings. The van der Waals surface area contributed by atoms with Crippen LogP contribution in [0.4, 0.5) is 0 Å². The topological polar surface area (TPSA) is 46.5 Å². The number of hydrogen-bond donors (Lipinski definition) is 1. The van der Waals surface area contributed by atoms with Gasteiger partial charge in [-0.1, -0.05) is 48.5 Å². The summed E-state index contributed by atoms with van der Waals surface area (Å²) in [7, 11) is 0. The lowest BCUT2D eigenvalue weighted by Gasteiger charge is -2.29. The Hall–Kier alpha value is -2.59. The van der Waals surface area contributed by atoms with E-state index in [4.69, 9.17) is 4.74 Å². The van der Waals surface area contributed by atoms with E-state index in [1.54, 1.807) is 11.3 Å². The molecule has 3 nitrogen and oxygen atoms in total. The summed E-state index contributed by atoms with van der Waals surface area (Å²) in [5, 5.41) is 11.3. The lowest BCUT2D eigenvalue weighted by molar-refractivity contribution is -0.137. The molecule has 0 spiro atoms. The van der Waals surface area contributed by atoms with E-state index in [0.717, 1.165) is 41.9 Å². The third-order valence-electron chi connectivity index (χ3n) is 5.80. The quantitative estimate of drug-likeness (QED) is 0.490. The smallest absolute Gasteiger partial charge is 0.304 e. The predicted molar refractivity (Wildman–Crippen MR) is 117 cm³/mol. The Morgan fingerprint density at radius 1 is 0.966 bits per heavy atom. The molecule has 1 aliphatic carbocycles. The number of carbonyl (C=O) groups is 1. The molecule has 1 aliphatic rings. The standard InChI is InChI=1S/C25H26O3S/c26-25(27)17-23(24-7-4-16-29-24)20-10-14-22(15-11-20)28-21-12-8-19(9-13-21)18-5-2-1-3-6-18/h1-7,10-11,14-16,19,21,23H,8-9,12-13,17H2,(H,26,27). The Kier molecular flexibility index (Phi) is 6.30. The van der Waals surface area contributed by atoms with Crippen molar-refractivity contribution in [1.29, 1.82) is 0 Å². The van der Waals surface area contributed by atoms with Gasteiger partial charge in [-0.25, -0.2) is 0 Å². The summed E-state index contributed by atoms with van der Waals surface area (Å²) >= 11 is 1.60. The molecule has 0 bridgehead atoms. The molecular weight excluding hydrogens is 380 g/mol. The maximum absolute atomic E-state index is 11.3. The van der Waals surface area contributed by atoms with E-state index in [-0.39, 0.29) is 18.4 Å². The Balaban J connectivity index is 1.36. The third kappa shape index (κ3) is 5.07. The highest BCUT2D eigenvalue weighted by atomic mass is 32.1. The van der Waals surface area contributed by atoms with Gasteiger partial charge in [0.2, 0.25) is 0 Å². The number of benzene rings is 2. The van der Waals surface area contributed by atoms with Gasteiger partial charge in [0, 0.05) is 10.8 Å². The van der Waals surface area contributed by atoms with Crippen LogP contribution in [-0.2, 0) is 4.79 Å². The highest BCUT2D eigenvalue weighted by molar-refractivity contribution is 7.10. The van der Waals surface area contributed by atoms with Gasteiger partial charge in [0.1, 0.15) is 5.75 Å². The summed E-state index contributed by atoms with van der Waals surface area (Å²) in [6, 6.07) is 22.7. The van der Waals surface area contributed by atoms with Crippen molar-refractivity contribution in [3.8, 4) is 5.75 Å². The molecule has 1 N–H and O–H groups in total. The number of carboxylic acid groups (broad SMARTS) is 1. The highest BCUT2D eigenvalue weighted by Crippen LogP contribution is 2.35. The second-order valence-corrected chi connectivity index (χ2v) is 8.72. The van der Waals surface area contributed by atoms with Gasteiger partial charge in [0.25, 0.3) is 0 Å². The van der Waals surface area contributed by atoms with Gasteiger partial charge in [0.05, 0.1) is 12.5 Å². The summed E-state index contributed by atoms with van der Waals surface area (Å²) in [6.07, 6.45) is 4.81. The predicted octanol–water partition coefficient (Wildman–Crippen LogP) is 6.46. The zero-order chi connectivity index (χ0) is 20.1. The molecule has 4 heteroatoms. The van der Waals surface area contributed by atoms with Crippen molar-refractivity contribution in [2.45, 2.75) is 50.0 Å². The molecule has 4 rings (SSSR count). The van der Waals surface area contributed by atoms with Crippen LogP contribution >= 0.6 is 11.3 Å². The average molecular weight is 407 g/mol. The molecule has 29 heavy (non-hydrogen) atoms. The molecule has 3 aromatic rings. The van der Waals surface area contributed by atoms with Crippen LogP contribution in [0.25, 0.3) is 0 Å². The molecule has 1 heterocycles. The summed E-state index contributed by atoms with van der Waals surface area (Å²) in [5.74, 6) is 0.625. The van der Waals surface area contributed by atoms with E-state index in [1.807, 2.05) is 41.8 Å². The zero-order valence-electron chi connectivity index (χ0n) is 16.4. The average Bonchev–Trinajstić information content (AvgIpc) is 3.28. The molecule has 0 radical (unpaired) electrons. The van der Waals surface area contributed by atoms with Gasteiger partial charge in [-0.05, 0) is 66.3 Å². The maximum Gasteiger partial charge on any atom is 0.304 e. The van der Waals surface area contributed by atoms with Gasteiger partial charge >= 0.3 is 5.97 Å². The number of hydrogen-bond acceptors (Lipinski definition) is 3. The van der Waals surface area contributed by atoms with Gasteiger partial charge in [-0.2, -0.15) is 0 Å². The molecular formula is C25H26O3S. The Labute approximate surface area is 176 Å². The zero-order valence-corrected chi connectivity index (χ0v) is 17.2. The monoisotopic (exact) mass is 406 g/mol. The molecule has 0 saturated heterocycles. The first-order chi connectivity index (χ1) is 14.2. The lowest BCUT2D eigenvalue weighted by Crippen LogP contribution is -2.23. The van der Waals surface area contributed by atoms with E-state index < -0.39 is 5.97 Å². The second kappa shape index (κ2) is 9.27. The number of rotatable bonds is 7. The molecule has 0 aliphatic heterocycles. The van der Waals surface area contributed by atoms with Crippen molar-refractivity contribution < 1.29 is 14.6 Å². The Bertz CT molecular complexity index is 895. The first kappa shape index (κ1) is 19.7. The van der Waals surface area contributed by atoms with E-state index in [9.17, 15) is 9.90 Å². The SMILES string of the molecule is O=C(O)CC(c1ccc(OC2CCC(c3ccccc3)CC2)cc1)c1cccs1. The van der Waals surface area contributed by atoms with Crippen LogP contribution in [0.5, 0.6) is 5.75 Å². The lowest BCUT2D eigenvalue weighted by atomic mass is 9.83. The van der Waals surface area contributed by atoms with Crippen LogP contribution in [0, 0.1) is 0 Å². The minimum Gasteiger partial charge on any atom is -0.490 e. The van der Waals surface area contributed by atoms with Crippen molar-refractivity contribution in [1.82, 2.24) is 0 Å². The number of carboxylic acids is 1. The summed E-state index contributed by atoms with van der Waals surface area (Å²) in [4.78, 5) is 12.4. The summed E-state index contributed by atoms with van der Waals surface area (Å²) in [6.45, 7) is 0. The molecule has 1 unspecified atom stereocenters. The van der Waals surface area contributed by atoms with Crippen molar-refractivity contribution >= 4 is 17.3 Å². The van der Waals surface area contributed by atoms with Crippen molar-refractivity contribution in [3.63, 3.8) is 0 Å². The van der Waals surface area contributed by atoms with Gasteiger partial charge < -0.3 is 9.84 Å². The van der Waals surface area contributed by atoms with Crippen molar-refractivity contribution in [3.05, 3.63) is 88.1 Å². The van der Waals surface area contributed by atoms with Gasteiger partial charge in [0.15, 0.2) is 0 Å². The maximum atomic E-state index is 11.3. The number of ether oxygens (including phenoxy) is 1. The number of aliphatic carboxylic acids is 1. The second-order valence-electron chi connectivity index (χ2n) is 7.74.